The van der Waals surface area contributed by atoms with Crippen LogP contribution in [0.15, 0.2) is 35.8 Å². The SMILES string of the molecule is C=CC(=O)C[C@H]1CCOC[C@H]1Nc1ncc2cc(-c3c(Cl)c(OC)cc(OC)c3Cl)c(=O)n(CCN3CCN(C(=O)C#CC)CC3)c2n1. The van der Waals surface area contributed by atoms with Crippen molar-refractivity contribution in [3.05, 3.63) is 51.4 Å². The highest BCUT2D eigenvalue weighted by atomic mass is 35.5. The molecule has 2 aliphatic heterocycles. The number of ether oxygens (including phenoxy) is 3. The zero-order valence-corrected chi connectivity index (χ0v) is 28.7. The van der Waals surface area contributed by atoms with Gasteiger partial charge in [-0.1, -0.05) is 35.7 Å². The Hall–Kier alpha value is -4.15. The van der Waals surface area contributed by atoms with Crippen LogP contribution in [0.4, 0.5) is 5.95 Å². The largest absolute Gasteiger partial charge is 0.495 e. The molecule has 0 aliphatic carbocycles. The lowest BCUT2D eigenvalue weighted by Gasteiger charge is -2.33. The minimum absolute atomic E-state index is 0.00861. The number of amides is 1. The number of allylic oxidation sites excluding steroid dienone is 1. The van der Waals surface area contributed by atoms with Crippen molar-refractivity contribution < 1.29 is 23.8 Å². The number of halogens is 2. The molecule has 0 radical (unpaired) electrons. The molecule has 3 aromatic rings. The third kappa shape index (κ3) is 7.60. The van der Waals surface area contributed by atoms with Crippen LogP contribution in [0.3, 0.4) is 0 Å². The van der Waals surface area contributed by atoms with E-state index in [1.807, 2.05) is 0 Å². The monoisotopic (exact) mass is 696 g/mol. The van der Waals surface area contributed by atoms with Gasteiger partial charge in [-0.3, -0.25) is 23.9 Å². The molecule has 12 nitrogen and oxygen atoms in total. The van der Waals surface area contributed by atoms with E-state index in [1.54, 1.807) is 34.7 Å². The second-order valence-corrected chi connectivity index (χ2v) is 12.3. The molecule has 2 aliphatic rings. The highest BCUT2D eigenvalue weighted by Crippen LogP contribution is 2.45. The number of carbonyl (C=O) groups excluding carboxylic acids is 2. The number of benzene rings is 1. The number of methoxy groups -OCH3 is 2. The summed E-state index contributed by atoms with van der Waals surface area (Å²) in [6.07, 6.45) is 4.01. The van der Waals surface area contributed by atoms with E-state index in [4.69, 9.17) is 42.4 Å². The standard InChI is InChI=1S/C34H38Cl2N6O6/c1-5-7-28(44)41-12-9-40(10-13-41)11-14-42-32-22(17-24(33(42)45)29-30(35)26(46-3)18-27(47-4)31(29)36)19-37-34(39-32)38-25-20-48-15-8-21(25)16-23(43)6-2/h6,17-19,21,25H,2,8-16,20H2,1,3-4H3,(H,37,38,39)/t21-,25-/m1/s1. The van der Waals surface area contributed by atoms with Crippen molar-refractivity contribution in [2.45, 2.75) is 32.4 Å². The molecule has 1 amide bonds. The number of aromatic nitrogens is 3. The first-order chi connectivity index (χ1) is 23.2. The molecule has 1 N–H and O–H groups in total. The Balaban J connectivity index is 1.54. The molecule has 2 fully saturated rings. The second-order valence-electron chi connectivity index (χ2n) is 11.5. The Morgan fingerprint density at radius 1 is 1.12 bits per heavy atom. The van der Waals surface area contributed by atoms with Crippen molar-refractivity contribution in [1.29, 1.82) is 0 Å². The van der Waals surface area contributed by atoms with Crippen LogP contribution in [0.25, 0.3) is 22.2 Å². The Morgan fingerprint density at radius 3 is 2.48 bits per heavy atom. The van der Waals surface area contributed by atoms with Crippen molar-refractivity contribution >= 4 is 51.9 Å². The zero-order chi connectivity index (χ0) is 34.4. The number of piperazine rings is 1. The van der Waals surface area contributed by atoms with Crippen molar-refractivity contribution in [1.82, 2.24) is 24.3 Å². The Morgan fingerprint density at radius 2 is 1.83 bits per heavy atom. The zero-order valence-electron chi connectivity index (χ0n) is 27.2. The summed E-state index contributed by atoms with van der Waals surface area (Å²) >= 11 is 13.5. The quantitative estimate of drug-likeness (QED) is 0.233. The maximum Gasteiger partial charge on any atom is 0.298 e. The van der Waals surface area contributed by atoms with Crippen molar-refractivity contribution in [2.75, 3.05) is 65.5 Å². The van der Waals surface area contributed by atoms with Crippen LogP contribution in [-0.2, 0) is 20.9 Å². The molecule has 0 saturated carbocycles. The van der Waals surface area contributed by atoms with Gasteiger partial charge in [-0.15, -0.1) is 0 Å². The Kier molecular flexibility index (Phi) is 11.6. The van der Waals surface area contributed by atoms with Gasteiger partial charge in [0.1, 0.15) is 17.1 Å². The van der Waals surface area contributed by atoms with Crippen LogP contribution in [0, 0.1) is 17.8 Å². The fourth-order valence-electron chi connectivity index (χ4n) is 6.03. The first-order valence-electron chi connectivity index (χ1n) is 15.6. The van der Waals surface area contributed by atoms with Crippen molar-refractivity contribution in [2.24, 2.45) is 5.92 Å². The smallest absolute Gasteiger partial charge is 0.298 e. The summed E-state index contributed by atoms with van der Waals surface area (Å²) in [6.45, 7) is 9.30. The molecule has 0 unspecified atom stereocenters. The van der Waals surface area contributed by atoms with E-state index in [0.717, 1.165) is 0 Å². The van der Waals surface area contributed by atoms with Gasteiger partial charge in [-0.2, -0.15) is 4.98 Å². The average molecular weight is 698 g/mol. The highest BCUT2D eigenvalue weighted by Gasteiger charge is 2.29. The van der Waals surface area contributed by atoms with Crippen LogP contribution in [-0.4, -0.2) is 102 Å². The van der Waals surface area contributed by atoms with Crippen molar-refractivity contribution in [3.63, 3.8) is 0 Å². The van der Waals surface area contributed by atoms with Gasteiger partial charge in [-0.25, -0.2) is 4.98 Å². The van der Waals surface area contributed by atoms with E-state index in [9.17, 15) is 14.4 Å². The third-order valence-electron chi connectivity index (χ3n) is 8.71. The average Bonchev–Trinajstić information content (AvgIpc) is 3.09. The molecule has 2 aromatic heterocycles. The minimum Gasteiger partial charge on any atom is -0.495 e. The fraction of sp³-hybridized carbons (Fsp3) is 0.441. The number of pyridine rings is 1. The lowest BCUT2D eigenvalue weighted by atomic mass is 9.90. The van der Waals surface area contributed by atoms with Gasteiger partial charge in [0.05, 0.1) is 42.5 Å². The fourth-order valence-corrected chi connectivity index (χ4v) is 6.74. The molecule has 4 heterocycles. The molecular weight excluding hydrogens is 659 g/mol. The molecule has 14 heteroatoms. The van der Waals surface area contributed by atoms with Gasteiger partial charge < -0.3 is 24.4 Å². The highest BCUT2D eigenvalue weighted by molar-refractivity contribution is 6.41. The van der Waals surface area contributed by atoms with Crippen LogP contribution in [0.1, 0.15) is 19.8 Å². The van der Waals surface area contributed by atoms with E-state index in [0.29, 0.717) is 87.3 Å². The van der Waals surface area contributed by atoms with E-state index >= 15 is 0 Å². The van der Waals surface area contributed by atoms with Crippen LogP contribution >= 0.6 is 23.2 Å². The summed E-state index contributed by atoms with van der Waals surface area (Å²) in [7, 11) is 2.94. The van der Waals surface area contributed by atoms with Crippen LogP contribution in [0.2, 0.25) is 10.0 Å². The molecular formula is C34H38Cl2N6O6. The molecule has 2 saturated heterocycles. The number of hydrogen-bond donors (Lipinski definition) is 1. The van der Waals surface area contributed by atoms with Crippen LogP contribution in [0.5, 0.6) is 11.5 Å². The van der Waals surface area contributed by atoms with Gasteiger partial charge in [0.25, 0.3) is 11.5 Å². The van der Waals surface area contributed by atoms with Gasteiger partial charge in [0.2, 0.25) is 5.95 Å². The lowest BCUT2D eigenvalue weighted by molar-refractivity contribution is -0.126. The minimum atomic E-state index is -0.367. The van der Waals surface area contributed by atoms with Crippen LogP contribution < -0.4 is 20.3 Å². The van der Waals surface area contributed by atoms with E-state index in [-0.39, 0.29) is 56.9 Å². The van der Waals surface area contributed by atoms with Gasteiger partial charge in [0.15, 0.2) is 5.78 Å². The lowest BCUT2D eigenvalue weighted by Crippen LogP contribution is -2.49. The number of nitrogens with zero attached hydrogens (tertiary/aromatic N) is 5. The summed E-state index contributed by atoms with van der Waals surface area (Å²) in [6, 6.07) is 3.02. The first-order valence-corrected chi connectivity index (χ1v) is 16.4. The predicted octanol–water partition coefficient (Wildman–Crippen LogP) is 3.91. The van der Waals surface area contributed by atoms with E-state index in [2.05, 4.69) is 33.6 Å². The molecule has 48 heavy (non-hydrogen) atoms. The topological polar surface area (TPSA) is 128 Å². The molecule has 254 valence electrons. The maximum atomic E-state index is 14.4. The van der Waals surface area contributed by atoms with Gasteiger partial charge in [0, 0.05) is 75.5 Å². The number of fused-ring (bicyclic) bond motifs is 1. The number of rotatable bonds is 11. The number of anilines is 1. The third-order valence-corrected chi connectivity index (χ3v) is 9.46. The number of carbonyl (C=O) groups is 2. The summed E-state index contributed by atoms with van der Waals surface area (Å²) in [5, 5.41) is 4.25. The van der Waals surface area contributed by atoms with Gasteiger partial charge in [-0.05, 0) is 37.3 Å². The number of hydrogen-bond acceptors (Lipinski definition) is 10. The summed E-state index contributed by atoms with van der Waals surface area (Å²) in [5.41, 5.74) is 0.548. The Labute approximate surface area is 289 Å². The summed E-state index contributed by atoms with van der Waals surface area (Å²) in [4.78, 5) is 52.1. The van der Waals surface area contributed by atoms with E-state index < -0.39 is 0 Å². The van der Waals surface area contributed by atoms with Crippen molar-refractivity contribution in [3.8, 4) is 34.5 Å². The summed E-state index contributed by atoms with van der Waals surface area (Å²) < 4.78 is 18.2. The Bertz CT molecular complexity index is 1800. The predicted molar refractivity (Wildman–Crippen MR) is 185 cm³/mol. The maximum absolute atomic E-state index is 14.4. The normalized spacial score (nSPS) is 18.1. The van der Waals surface area contributed by atoms with E-state index in [1.165, 1.54) is 20.3 Å². The molecule has 0 spiro atoms. The molecule has 2 atom stereocenters. The molecule has 0 bridgehead atoms. The molecule has 1 aromatic carbocycles. The first kappa shape index (κ1) is 35.2. The second kappa shape index (κ2) is 15.8. The number of ketones is 1. The number of nitrogens with one attached hydrogen (secondary N) is 1. The van der Waals surface area contributed by atoms with Gasteiger partial charge >= 0.3 is 0 Å². The molecule has 5 rings (SSSR count). The summed E-state index contributed by atoms with van der Waals surface area (Å²) in [5.74, 6) is 5.94.